The second-order valence-electron chi connectivity index (χ2n) is 7.13. The van der Waals surface area contributed by atoms with E-state index in [1.165, 1.54) is 12.1 Å². The molecule has 11 heteroatoms. The van der Waals surface area contributed by atoms with E-state index in [9.17, 15) is 18.0 Å². The number of nitrogens with zero attached hydrogens (tertiary/aromatic N) is 5. The average molecular weight is 435 g/mol. The van der Waals surface area contributed by atoms with Crippen LogP contribution in [0, 0.1) is 6.92 Å². The van der Waals surface area contributed by atoms with Crippen LogP contribution in [0.15, 0.2) is 35.0 Å². The molecular weight excluding hydrogens is 415 g/mol. The fourth-order valence-electron chi connectivity index (χ4n) is 3.36. The van der Waals surface area contributed by atoms with Gasteiger partial charge in [0.25, 0.3) is 11.8 Å². The fraction of sp³-hybridized carbons (Fsp3) is 0.400. The summed E-state index contributed by atoms with van der Waals surface area (Å²) in [5.74, 6) is -0.0535. The Bertz CT molecular complexity index is 1090. The Balaban J connectivity index is 1.51. The largest absolute Gasteiger partial charge is 0.416 e. The van der Waals surface area contributed by atoms with Gasteiger partial charge in [0.2, 0.25) is 5.82 Å². The maximum absolute atomic E-state index is 13.0. The number of amides is 1. The van der Waals surface area contributed by atoms with E-state index in [1.54, 1.807) is 22.7 Å². The third-order valence-electron chi connectivity index (χ3n) is 5.02. The number of benzene rings is 1. The molecule has 4 rings (SSSR count). The van der Waals surface area contributed by atoms with Crippen LogP contribution < -0.4 is 0 Å². The van der Waals surface area contributed by atoms with Gasteiger partial charge in [-0.1, -0.05) is 17.3 Å². The maximum Gasteiger partial charge on any atom is 0.416 e. The second-order valence-corrected chi connectivity index (χ2v) is 7.13. The lowest BCUT2D eigenvalue weighted by molar-refractivity contribution is -0.137. The number of aryl methyl sites for hydroxylation is 2. The van der Waals surface area contributed by atoms with Crippen molar-refractivity contribution >= 4 is 5.91 Å². The average Bonchev–Trinajstić information content (AvgIpc) is 3.40. The summed E-state index contributed by atoms with van der Waals surface area (Å²) in [6.07, 6.45) is -3.44. The Kier molecular flexibility index (Phi) is 5.52. The Morgan fingerprint density at radius 3 is 2.84 bits per heavy atom. The molecular formula is C20H20F3N5O3. The van der Waals surface area contributed by atoms with Crippen molar-refractivity contribution in [2.45, 2.75) is 32.7 Å². The summed E-state index contributed by atoms with van der Waals surface area (Å²) in [5, 5.41) is 8.09. The highest BCUT2D eigenvalue weighted by Gasteiger charge is 2.33. The first-order chi connectivity index (χ1) is 14.8. The molecule has 0 radical (unpaired) electrons. The summed E-state index contributed by atoms with van der Waals surface area (Å²) in [6, 6.07) is 4.68. The van der Waals surface area contributed by atoms with Crippen LogP contribution in [-0.2, 0) is 17.5 Å². The first-order valence-electron chi connectivity index (χ1n) is 9.72. The highest BCUT2D eigenvalue weighted by atomic mass is 19.4. The first kappa shape index (κ1) is 21.0. The van der Waals surface area contributed by atoms with Gasteiger partial charge in [-0.2, -0.15) is 23.3 Å². The normalized spacial score (nSPS) is 17.2. The molecule has 31 heavy (non-hydrogen) atoms. The minimum Gasteiger partial charge on any atom is -0.365 e. The molecule has 2 aromatic heterocycles. The van der Waals surface area contributed by atoms with Crippen LogP contribution >= 0.6 is 0 Å². The van der Waals surface area contributed by atoms with Gasteiger partial charge in [-0.05, 0) is 26.0 Å². The van der Waals surface area contributed by atoms with Crippen molar-refractivity contribution in [3.8, 4) is 11.4 Å². The third kappa shape index (κ3) is 4.31. The smallest absolute Gasteiger partial charge is 0.365 e. The van der Waals surface area contributed by atoms with E-state index in [0.29, 0.717) is 24.3 Å². The maximum atomic E-state index is 13.0. The molecule has 1 aliphatic heterocycles. The zero-order chi connectivity index (χ0) is 22.2. The SMILES string of the molecule is CCn1cc(C(=O)N2CCOC(c3nc(-c4cccc(C(F)(F)F)c4)no3)C2)c(C)n1. The van der Waals surface area contributed by atoms with Crippen molar-refractivity contribution < 1.29 is 27.2 Å². The van der Waals surface area contributed by atoms with Crippen LogP contribution in [-0.4, -0.2) is 50.4 Å². The van der Waals surface area contributed by atoms with Crippen molar-refractivity contribution in [3.05, 3.63) is 53.2 Å². The van der Waals surface area contributed by atoms with E-state index >= 15 is 0 Å². The van der Waals surface area contributed by atoms with Gasteiger partial charge < -0.3 is 14.2 Å². The van der Waals surface area contributed by atoms with Gasteiger partial charge in [-0.3, -0.25) is 9.48 Å². The van der Waals surface area contributed by atoms with E-state index in [2.05, 4.69) is 15.2 Å². The fourth-order valence-corrected chi connectivity index (χ4v) is 3.36. The molecule has 1 aliphatic rings. The lowest BCUT2D eigenvalue weighted by atomic mass is 10.1. The zero-order valence-electron chi connectivity index (χ0n) is 16.9. The van der Waals surface area contributed by atoms with Gasteiger partial charge in [-0.15, -0.1) is 0 Å². The third-order valence-corrected chi connectivity index (χ3v) is 5.02. The van der Waals surface area contributed by atoms with Gasteiger partial charge in [0.15, 0.2) is 6.10 Å². The van der Waals surface area contributed by atoms with Crippen LogP contribution in [0.3, 0.4) is 0 Å². The molecule has 8 nitrogen and oxygen atoms in total. The molecule has 0 bridgehead atoms. The monoisotopic (exact) mass is 435 g/mol. The Morgan fingerprint density at radius 2 is 2.13 bits per heavy atom. The number of carbonyl (C=O) groups excluding carboxylic acids is 1. The molecule has 1 saturated heterocycles. The van der Waals surface area contributed by atoms with Crippen LogP contribution in [0.1, 0.15) is 40.5 Å². The lowest BCUT2D eigenvalue weighted by Gasteiger charge is -2.31. The minimum absolute atomic E-state index is 0.0215. The van der Waals surface area contributed by atoms with Crippen molar-refractivity contribution in [1.29, 1.82) is 0 Å². The van der Waals surface area contributed by atoms with Crippen LogP contribution in [0.2, 0.25) is 0 Å². The predicted molar refractivity (Wildman–Crippen MR) is 102 cm³/mol. The summed E-state index contributed by atoms with van der Waals surface area (Å²) in [7, 11) is 0. The first-order valence-corrected chi connectivity index (χ1v) is 9.72. The molecule has 3 heterocycles. The summed E-state index contributed by atoms with van der Waals surface area (Å²) in [6.45, 7) is 5.19. The zero-order valence-corrected chi connectivity index (χ0v) is 16.9. The summed E-state index contributed by atoms with van der Waals surface area (Å²) >= 11 is 0. The molecule has 0 N–H and O–H groups in total. The number of morpholine rings is 1. The van der Waals surface area contributed by atoms with Crippen molar-refractivity contribution in [1.82, 2.24) is 24.8 Å². The van der Waals surface area contributed by atoms with E-state index in [0.717, 1.165) is 12.1 Å². The second kappa shape index (κ2) is 8.14. The number of halogens is 3. The molecule has 1 atom stereocenters. The quantitative estimate of drug-likeness (QED) is 0.624. The van der Waals surface area contributed by atoms with Gasteiger partial charge in [0, 0.05) is 24.8 Å². The number of hydrogen-bond donors (Lipinski definition) is 0. The van der Waals surface area contributed by atoms with Crippen LogP contribution in [0.5, 0.6) is 0 Å². The van der Waals surface area contributed by atoms with Crippen molar-refractivity contribution in [2.24, 2.45) is 0 Å². The summed E-state index contributed by atoms with van der Waals surface area (Å²) < 4.78 is 51.5. The highest BCUT2D eigenvalue weighted by molar-refractivity contribution is 5.95. The molecule has 0 aliphatic carbocycles. The molecule has 1 fully saturated rings. The highest BCUT2D eigenvalue weighted by Crippen LogP contribution is 2.32. The summed E-state index contributed by atoms with van der Waals surface area (Å²) in [4.78, 5) is 18.8. The molecule has 3 aromatic rings. The minimum atomic E-state index is -4.47. The number of carbonyl (C=O) groups is 1. The Hall–Kier alpha value is -3.21. The molecule has 164 valence electrons. The predicted octanol–water partition coefficient (Wildman–Crippen LogP) is 3.49. The van der Waals surface area contributed by atoms with E-state index in [-0.39, 0.29) is 36.3 Å². The van der Waals surface area contributed by atoms with Crippen LogP contribution in [0.4, 0.5) is 13.2 Å². The molecule has 1 unspecified atom stereocenters. The molecule has 1 amide bonds. The summed E-state index contributed by atoms with van der Waals surface area (Å²) in [5.41, 5.74) is 0.526. The topological polar surface area (TPSA) is 86.3 Å². The van der Waals surface area contributed by atoms with Crippen molar-refractivity contribution in [3.63, 3.8) is 0 Å². The molecule has 0 spiro atoms. The van der Waals surface area contributed by atoms with Gasteiger partial charge in [-0.25, -0.2) is 0 Å². The Labute approximate surface area is 175 Å². The van der Waals surface area contributed by atoms with Crippen LogP contribution in [0.25, 0.3) is 11.4 Å². The Morgan fingerprint density at radius 1 is 1.32 bits per heavy atom. The van der Waals surface area contributed by atoms with E-state index in [1.807, 2.05) is 6.92 Å². The lowest BCUT2D eigenvalue weighted by Crippen LogP contribution is -2.42. The van der Waals surface area contributed by atoms with E-state index in [4.69, 9.17) is 9.26 Å². The van der Waals surface area contributed by atoms with Crippen molar-refractivity contribution in [2.75, 3.05) is 19.7 Å². The van der Waals surface area contributed by atoms with E-state index < -0.39 is 17.8 Å². The van der Waals surface area contributed by atoms with Gasteiger partial charge in [0.1, 0.15) is 0 Å². The molecule has 1 aromatic carbocycles. The van der Waals surface area contributed by atoms with Gasteiger partial charge >= 0.3 is 6.18 Å². The number of alkyl halides is 3. The number of ether oxygens (including phenoxy) is 1. The number of hydrogen-bond acceptors (Lipinski definition) is 6. The number of aromatic nitrogens is 4. The molecule has 0 saturated carbocycles. The van der Waals surface area contributed by atoms with Gasteiger partial charge in [0.05, 0.1) is 30.0 Å². The standard InChI is InChI=1S/C20H20F3N5O3/c1-3-28-10-15(12(2)25-28)19(29)27-7-8-30-16(11-27)18-24-17(26-31-18)13-5-4-6-14(9-13)20(21,22)23/h4-6,9-10,16H,3,7-8,11H2,1-2H3. The number of rotatable bonds is 4.